The van der Waals surface area contributed by atoms with Crippen molar-refractivity contribution < 1.29 is 9.59 Å². The summed E-state index contributed by atoms with van der Waals surface area (Å²) in [5.41, 5.74) is 3.45. The highest BCUT2D eigenvalue weighted by atomic mass is 35.5. The van der Waals surface area contributed by atoms with Crippen molar-refractivity contribution in [1.82, 2.24) is 0 Å². The number of aromatic hydroxyl groups is 1. The zero-order valence-corrected chi connectivity index (χ0v) is 16.3. The van der Waals surface area contributed by atoms with E-state index in [1.54, 1.807) is 0 Å². The lowest BCUT2D eigenvalue weighted by atomic mass is 9.82. The molecular weight excluding hydrogens is 330 g/mol. The molecule has 3 rings (SSSR count). The van der Waals surface area contributed by atoms with Crippen molar-refractivity contribution >= 4 is 11.6 Å². The Labute approximate surface area is 156 Å². The van der Waals surface area contributed by atoms with E-state index in [1.807, 2.05) is 24.3 Å². The van der Waals surface area contributed by atoms with Crippen molar-refractivity contribution in [3.63, 3.8) is 0 Å². The van der Waals surface area contributed by atoms with Crippen LogP contribution < -0.4 is 0 Å². The molecule has 25 heavy (non-hydrogen) atoms. The number of phenols is 1. The van der Waals surface area contributed by atoms with Gasteiger partial charge in [0.2, 0.25) is 0 Å². The Kier molecular flexibility index (Phi) is 5.41. The maximum atomic E-state index is 10.5. The number of hydrogen-bond acceptors (Lipinski definition) is 1. The summed E-state index contributed by atoms with van der Waals surface area (Å²) < 4.78 is 1.07. The van der Waals surface area contributed by atoms with Crippen LogP contribution in [0.15, 0.2) is 42.5 Å². The minimum Gasteiger partial charge on any atom is -0.508 e. The summed E-state index contributed by atoms with van der Waals surface area (Å²) in [5.74, 6) is 0.587. The van der Waals surface area contributed by atoms with Gasteiger partial charge in [-0.15, -0.1) is 0 Å². The van der Waals surface area contributed by atoms with E-state index in [9.17, 15) is 5.11 Å². The third-order valence-electron chi connectivity index (χ3n) is 5.85. The highest BCUT2D eigenvalue weighted by molar-refractivity contribution is 6.30. The van der Waals surface area contributed by atoms with E-state index in [0.29, 0.717) is 11.8 Å². The van der Waals surface area contributed by atoms with Crippen molar-refractivity contribution in [2.45, 2.75) is 44.6 Å². The summed E-state index contributed by atoms with van der Waals surface area (Å²) in [6.07, 6.45) is 4.92. The van der Waals surface area contributed by atoms with Gasteiger partial charge in [-0.3, -0.25) is 0 Å². The molecule has 0 spiro atoms. The molecule has 1 saturated heterocycles. The number of rotatable bonds is 4. The highest BCUT2D eigenvalue weighted by Crippen LogP contribution is 2.39. The molecule has 1 N–H and O–H groups in total. The zero-order valence-electron chi connectivity index (χ0n) is 15.5. The predicted octanol–water partition coefficient (Wildman–Crippen LogP) is 5.50. The lowest BCUT2D eigenvalue weighted by Gasteiger charge is -2.43. The minimum atomic E-state index is 0.192. The topological polar surface area (TPSA) is 20.2 Å². The molecule has 1 heterocycles. The number of aryl methyl sites for hydroxylation is 1. The summed E-state index contributed by atoms with van der Waals surface area (Å²) in [5, 5.41) is 11.3. The zero-order chi connectivity index (χ0) is 18.0. The quantitative estimate of drug-likeness (QED) is 0.715. The first-order chi connectivity index (χ1) is 11.9. The van der Waals surface area contributed by atoms with E-state index in [2.05, 4.69) is 39.2 Å². The van der Waals surface area contributed by atoms with Gasteiger partial charge in [0, 0.05) is 22.9 Å². The molecule has 0 saturated carbocycles. The molecule has 2 unspecified atom stereocenters. The van der Waals surface area contributed by atoms with Crippen LogP contribution in [0.3, 0.4) is 0 Å². The SMILES string of the molecule is Cc1ccc(O)c(C(CC2CCCC[N+]2(C)C)c2ccc(Cl)cc2)c1. The van der Waals surface area contributed by atoms with Crippen LogP contribution in [0.25, 0.3) is 0 Å². The first-order valence-electron chi connectivity index (χ1n) is 9.24. The van der Waals surface area contributed by atoms with Crippen molar-refractivity contribution in [3.05, 3.63) is 64.2 Å². The van der Waals surface area contributed by atoms with Crippen LogP contribution in [0.1, 0.15) is 48.3 Å². The van der Waals surface area contributed by atoms with Crippen LogP contribution in [0.4, 0.5) is 0 Å². The molecule has 0 bridgehead atoms. The largest absolute Gasteiger partial charge is 0.508 e. The van der Waals surface area contributed by atoms with Crippen LogP contribution >= 0.6 is 11.6 Å². The normalized spacial score (nSPS) is 21.0. The molecule has 134 valence electrons. The van der Waals surface area contributed by atoms with Crippen LogP contribution in [0, 0.1) is 6.92 Å². The van der Waals surface area contributed by atoms with Gasteiger partial charge in [-0.05, 0) is 49.9 Å². The minimum absolute atomic E-state index is 0.192. The molecule has 1 aliphatic heterocycles. The van der Waals surface area contributed by atoms with Gasteiger partial charge < -0.3 is 9.59 Å². The van der Waals surface area contributed by atoms with E-state index in [1.165, 1.54) is 36.9 Å². The van der Waals surface area contributed by atoms with Gasteiger partial charge in [0.15, 0.2) is 0 Å². The predicted molar refractivity (Wildman–Crippen MR) is 105 cm³/mol. The number of halogens is 1. The van der Waals surface area contributed by atoms with Crippen molar-refractivity contribution in [2.75, 3.05) is 20.6 Å². The molecule has 0 aromatic heterocycles. The molecule has 2 nitrogen and oxygen atoms in total. The molecule has 2 aromatic carbocycles. The fourth-order valence-corrected chi connectivity index (χ4v) is 4.32. The van der Waals surface area contributed by atoms with E-state index in [-0.39, 0.29) is 5.92 Å². The Balaban J connectivity index is 1.99. The number of hydrogen-bond donors (Lipinski definition) is 1. The lowest BCUT2D eigenvalue weighted by molar-refractivity contribution is -0.920. The summed E-state index contributed by atoms with van der Waals surface area (Å²) >= 11 is 6.10. The second-order valence-electron chi connectivity index (χ2n) is 8.05. The molecule has 1 fully saturated rings. The van der Waals surface area contributed by atoms with Crippen LogP contribution in [0.5, 0.6) is 5.75 Å². The number of phenolic OH excluding ortho intramolecular Hbond substituents is 1. The van der Waals surface area contributed by atoms with E-state index < -0.39 is 0 Å². The van der Waals surface area contributed by atoms with E-state index >= 15 is 0 Å². The number of likely N-dealkylation sites (tertiary alicyclic amines) is 1. The van der Waals surface area contributed by atoms with Crippen LogP contribution in [-0.4, -0.2) is 36.3 Å². The van der Waals surface area contributed by atoms with Crippen LogP contribution in [0.2, 0.25) is 5.02 Å². The third kappa shape index (κ3) is 4.19. The fraction of sp³-hybridized carbons (Fsp3) is 0.455. The molecule has 2 aromatic rings. The second kappa shape index (κ2) is 7.39. The number of nitrogens with zero attached hydrogens (tertiary/aromatic N) is 1. The Morgan fingerprint density at radius 3 is 2.52 bits per heavy atom. The molecule has 0 amide bonds. The molecule has 0 radical (unpaired) electrons. The van der Waals surface area contributed by atoms with Crippen LogP contribution in [-0.2, 0) is 0 Å². The van der Waals surface area contributed by atoms with E-state index in [0.717, 1.165) is 21.5 Å². The first kappa shape index (κ1) is 18.3. The van der Waals surface area contributed by atoms with Crippen molar-refractivity contribution in [1.29, 1.82) is 0 Å². The van der Waals surface area contributed by atoms with Gasteiger partial charge in [0.05, 0.1) is 26.7 Å². The average molecular weight is 359 g/mol. The van der Waals surface area contributed by atoms with Gasteiger partial charge >= 0.3 is 0 Å². The van der Waals surface area contributed by atoms with Gasteiger partial charge in [-0.25, -0.2) is 0 Å². The second-order valence-corrected chi connectivity index (χ2v) is 8.49. The lowest BCUT2D eigenvalue weighted by Crippen LogP contribution is -2.52. The molecule has 3 heteroatoms. The van der Waals surface area contributed by atoms with Crippen molar-refractivity contribution in [2.24, 2.45) is 0 Å². The first-order valence-corrected chi connectivity index (χ1v) is 9.62. The summed E-state index contributed by atoms with van der Waals surface area (Å²) in [7, 11) is 4.69. The summed E-state index contributed by atoms with van der Waals surface area (Å²) in [4.78, 5) is 0. The average Bonchev–Trinajstić information content (AvgIpc) is 2.57. The van der Waals surface area contributed by atoms with Gasteiger partial charge in [0.1, 0.15) is 5.75 Å². The Bertz CT molecular complexity index is 723. The van der Waals surface area contributed by atoms with Gasteiger partial charge in [-0.2, -0.15) is 0 Å². The maximum absolute atomic E-state index is 10.5. The van der Waals surface area contributed by atoms with E-state index in [4.69, 9.17) is 11.6 Å². The van der Waals surface area contributed by atoms with Gasteiger partial charge in [0.25, 0.3) is 0 Å². The fourth-order valence-electron chi connectivity index (χ4n) is 4.20. The smallest absolute Gasteiger partial charge is 0.119 e. The Morgan fingerprint density at radius 1 is 1.12 bits per heavy atom. The highest BCUT2D eigenvalue weighted by Gasteiger charge is 2.34. The number of benzene rings is 2. The molecule has 2 atom stereocenters. The van der Waals surface area contributed by atoms with Gasteiger partial charge in [-0.1, -0.05) is 41.4 Å². The monoisotopic (exact) mass is 358 g/mol. The summed E-state index contributed by atoms with van der Waals surface area (Å²) in [6, 6.07) is 14.7. The Hall–Kier alpha value is -1.51. The Morgan fingerprint density at radius 2 is 1.84 bits per heavy atom. The third-order valence-corrected chi connectivity index (χ3v) is 6.10. The standard InChI is InChI=1S/C22H28ClNO/c1-16-7-12-22(25)21(14-16)20(17-8-10-18(23)11-9-17)15-19-6-4-5-13-24(19,2)3/h7-12,14,19-20H,4-6,13,15H2,1-3H3/p+1. The van der Waals surface area contributed by atoms with Crippen molar-refractivity contribution in [3.8, 4) is 5.75 Å². The molecule has 0 aliphatic carbocycles. The molecular formula is C22H29ClNO+. The molecule has 1 aliphatic rings. The number of piperidine rings is 1. The summed E-state index contributed by atoms with van der Waals surface area (Å²) in [6.45, 7) is 3.32. The maximum Gasteiger partial charge on any atom is 0.119 e. The number of quaternary nitrogens is 1.